The smallest absolute Gasteiger partial charge is 0.163 e. The fourth-order valence-electron chi connectivity index (χ4n) is 3.70. The van der Waals surface area contributed by atoms with E-state index in [1.165, 1.54) is 12.4 Å². The molecule has 0 radical (unpaired) electrons. The normalized spacial score (nSPS) is 15.2. The average molecular weight is 445 g/mol. The van der Waals surface area contributed by atoms with Crippen LogP contribution in [0.1, 0.15) is 19.8 Å². The number of hydrogen-bond acceptors (Lipinski definition) is 6. The summed E-state index contributed by atoms with van der Waals surface area (Å²) in [5, 5.41) is 4.08. The van der Waals surface area contributed by atoms with E-state index in [1.54, 1.807) is 12.1 Å². The van der Waals surface area contributed by atoms with Crippen molar-refractivity contribution in [2.24, 2.45) is 5.92 Å². The van der Waals surface area contributed by atoms with E-state index in [9.17, 15) is 4.39 Å². The average Bonchev–Trinajstić information content (AvgIpc) is 2.76. The number of anilines is 2. The van der Waals surface area contributed by atoms with Crippen molar-refractivity contribution in [1.82, 2.24) is 14.9 Å². The second-order valence-electron chi connectivity index (χ2n) is 7.78. The summed E-state index contributed by atoms with van der Waals surface area (Å²) in [5.41, 5.74) is 0.971. The van der Waals surface area contributed by atoms with Crippen LogP contribution < -0.4 is 14.8 Å². The van der Waals surface area contributed by atoms with Crippen LogP contribution in [-0.4, -0.2) is 48.2 Å². The Balaban J connectivity index is 1.60. The van der Waals surface area contributed by atoms with Crippen LogP contribution >= 0.6 is 11.6 Å². The molecule has 4 rings (SSSR count). The highest BCUT2D eigenvalue weighted by Crippen LogP contribution is 2.36. The summed E-state index contributed by atoms with van der Waals surface area (Å²) >= 11 is 5.85. The van der Waals surface area contributed by atoms with Gasteiger partial charge < -0.3 is 19.7 Å². The molecule has 1 N–H and O–H groups in total. The van der Waals surface area contributed by atoms with Crippen molar-refractivity contribution >= 4 is 34.0 Å². The van der Waals surface area contributed by atoms with Gasteiger partial charge in [0.05, 0.1) is 24.4 Å². The maximum atomic E-state index is 14.3. The molecule has 0 atom stereocenters. The molecule has 31 heavy (non-hydrogen) atoms. The lowest BCUT2D eigenvalue weighted by Gasteiger charge is -2.29. The van der Waals surface area contributed by atoms with Crippen LogP contribution in [0.2, 0.25) is 5.02 Å². The van der Waals surface area contributed by atoms with E-state index < -0.39 is 5.82 Å². The van der Waals surface area contributed by atoms with Crippen molar-refractivity contribution < 1.29 is 13.9 Å². The molecule has 0 saturated carbocycles. The number of nitrogens with one attached hydrogen (secondary N) is 1. The highest BCUT2D eigenvalue weighted by atomic mass is 35.5. The number of aromatic nitrogens is 2. The van der Waals surface area contributed by atoms with Crippen molar-refractivity contribution in [1.29, 1.82) is 0 Å². The molecule has 1 aliphatic heterocycles. The summed E-state index contributed by atoms with van der Waals surface area (Å²) in [7, 11) is 2.15. The molecule has 0 aliphatic carbocycles. The molecule has 164 valence electrons. The van der Waals surface area contributed by atoms with Gasteiger partial charge in [0.15, 0.2) is 11.5 Å². The highest BCUT2D eigenvalue weighted by molar-refractivity contribution is 6.30. The summed E-state index contributed by atoms with van der Waals surface area (Å²) in [6.07, 6.45) is 3.69. The minimum absolute atomic E-state index is 0.282. The maximum Gasteiger partial charge on any atom is 0.163 e. The lowest BCUT2D eigenvalue weighted by Crippen LogP contribution is -2.32. The molecular formula is C23H26ClFN4O2. The highest BCUT2D eigenvalue weighted by Gasteiger charge is 2.19. The lowest BCUT2D eigenvalue weighted by molar-refractivity contribution is 0.156. The SMILES string of the molecule is CCOc1cc2c(Nc3ccc(Cl)cc3F)ncnc2cc1OCC1CCN(C)CC1. The number of benzene rings is 2. The number of rotatable bonds is 7. The third-order valence-corrected chi connectivity index (χ3v) is 5.73. The third kappa shape index (κ3) is 5.17. The topological polar surface area (TPSA) is 59.5 Å². The summed E-state index contributed by atoms with van der Waals surface area (Å²) in [4.78, 5) is 11.0. The van der Waals surface area contributed by atoms with Crippen molar-refractivity contribution in [3.05, 3.63) is 47.5 Å². The Morgan fingerprint density at radius 3 is 2.65 bits per heavy atom. The number of piperidine rings is 1. The van der Waals surface area contributed by atoms with Gasteiger partial charge in [-0.25, -0.2) is 14.4 Å². The van der Waals surface area contributed by atoms with Gasteiger partial charge in [-0.2, -0.15) is 0 Å². The van der Waals surface area contributed by atoms with Crippen LogP contribution in [-0.2, 0) is 0 Å². The van der Waals surface area contributed by atoms with Gasteiger partial charge in [0, 0.05) is 16.5 Å². The zero-order valence-corrected chi connectivity index (χ0v) is 18.5. The van der Waals surface area contributed by atoms with Gasteiger partial charge in [-0.3, -0.25) is 0 Å². The van der Waals surface area contributed by atoms with Gasteiger partial charge in [-0.15, -0.1) is 0 Å². The molecule has 1 fully saturated rings. The number of likely N-dealkylation sites (tertiary alicyclic amines) is 1. The Hall–Kier alpha value is -2.64. The van der Waals surface area contributed by atoms with Crippen molar-refractivity contribution in [2.45, 2.75) is 19.8 Å². The molecule has 0 spiro atoms. The molecule has 0 amide bonds. The predicted molar refractivity (Wildman–Crippen MR) is 121 cm³/mol. The zero-order chi connectivity index (χ0) is 21.8. The van der Waals surface area contributed by atoms with Gasteiger partial charge >= 0.3 is 0 Å². The van der Waals surface area contributed by atoms with Crippen molar-refractivity contribution in [2.75, 3.05) is 38.7 Å². The van der Waals surface area contributed by atoms with Crippen LogP contribution in [0.25, 0.3) is 10.9 Å². The fraction of sp³-hybridized carbons (Fsp3) is 0.391. The number of ether oxygens (including phenoxy) is 2. The Morgan fingerprint density at radius 1 is 1.13 bits per heavy atom. The summed E-state index contributed by atoms with van der Waals surface area (Å²) in [5.74, 6) is 1.83. The Bertz CT molecular complexity index is 1060. The summed E-state index contributed by atoms with van der Waals surface area (Å²) < 4.78 is 26.3. The van der Waals surface area contributed by atoms with Crippen LogP contribution in [0.5, 0.6) is 11.5 Å². The van der Waals surface area contributed by atoms with Gasteiger partial charge in [0.25, 0.3) is 0 Å². The van der Waals surface area contributed by atoms with Gasteiger partial charge in [-0.1, -0.05) is 11.6 Å². The fourth-order valence-corrected chi connectivity index (χ4v) is 3.86. The summed E-state index contributed by atoms with van der Waals surface area (Å²) in [6.45, 7) is 5.25. The quantitative estimate of drug-likeness (QED) is 0.534. The maximum absolute atomic E-state index is 14.3. The Labute approximate surface area is 186 Å². The first-order valence-corrected chi connectivity index (χ1v) is 10.9. The molecule has 2 aromatic carbocycles. The predicted octanol–water partition coefficient (Wildman–Crippen LogP) is 5.29. The van der Waals surface area contributed by atoms with E-state index in [2.05, 4.69) is 27.2 Å². The van der Waals surface area contributed by atoms with Gasteiger partial charge in [0.2, 0.25) is 0 Å². The number of nitrogens with zero attached hydrogens (tertiary/aromatic N) is 3. The van der Waals surface area contributed by atoms with Crippen LogP contribution in [0, 0.1) is 11.7 Å². The molecule has 1 aliphatic rings. The van der Waals surface area contributed by atoms with E-state index in [0.717, 1.165) is 25.9 Å². The lowest BCUT2D eigenvalue weighted by atomic mass is 9.98. The first-order valence-electron chi connectivity index (χ1n) is 10.5. The molecule has 1 aromatic heterocycles. The van der Waals surface area contributed by atoms with E-state index in [4.69, 9.17) is 21.1 Å². The van der Waals surface area contributed by atoms with Crippen molar-refractivity contribution in [3.8, 4) is 11.5 Å². The molecule has 8 heteroatoms. The number of halogens is 2. The van der Waals surface area contributed by atoms with E-state index in [-0.39, 0.29) is 5.69 Å². The minimum atomic E-state index is -0.456. The minimum Gasteiger partial charge on any atom is -0.490 e. The number of hydrogen-bond donors (Lipinski definition) is 1. The monoisotopic (exact) mass is 444 g/mol. The zero-order valence-electron chi connectivity index (χ0n) is 17.7. The van der Waals surface area contributed by atoms with Crippen LogP contribution in [0.15, 0.2) is 36.7 Å². The van der Waals surface area contributed by atoms with E-state index in [1.807, 2.05) is 19.1 Å². The van der Waals surface area contributed by atoms with Crippen LogP contribution in [0.3, 0.4) is 0 Å². The molecular weight excluding hydrogens is 419 g/mol. The second kappa shape index (κ2) is 9.66. The number of fused-ring (bicyclic) bond motifs is 1. The molecule has 3 aromatic rings. The third-order valence-electron chi connectivity index (χ3n) is 5.50. The first-order chi connectivity index (χ1) is 15.0. The van der Waals surface area contributed by atoms with Crippen LogP contribution in [0.4, 0.5) is 15.9 Å². The molecule has 0 unspecified atom stereocenters. The molecule has 2 heterocycles. The Kier molecular flexibility index (Phi) is 6.73. The standard InChI is InChI=1S/C23H26ClFN4O2/c1-3-30-21-11-17-20(12-22(21)31-13-15-6-8-29(2)9-7-15)26-14-27-23(17)28-19-5-4-16(24)10-18(19)25/h4-5,10-12,14-15H,3,6-9,13H2,1-2H3,(H,26,27,28). The largest absolute Gasteiger partial charge is 0.490 e. The summed E-state index contributed by atoms with van der Waals surface area (Å²) in [6, 6.07) is 8.16. The van der Waals surface area contributed by atoms with Gasteiger partial charge in [-0.05, 0) is 70.1 Å². The first kappa shape index (κ1) is 21.6. The van der Waals surface area contributed by atoms with Gasteiger partial charge in [0.1, 0.15) is 18.0 Å². The van der Waals surface area contributed by atoms with E-state index >= 15 is 0 Å². The molecule has 1 saturated heterocycles. The molecule has 6 nitrogen and oxygen atoms in total. The second-order valence-corrected chi connectivity index (χ2v) is 8.21. The van der Waals surface area contributed by atoms with Crippen molar-refractivity contribution in [3.63, 3.8) is 0 Å². The van der Waals surface area contributed by atoms with E-state index in [0.29, 0.717) is 52.4 Å². The molecule has 0 bridgehead atoms. The Morgan fingerprint density at radius 2 is 1.90 bits per heavy atom.